The summed E-state index contributed by atoms with van der Waals surface area (Å²) in [5.41, 5.74) is 5.07. The summed E-state index contributed by atoms with van der Waals surface area (Å²) in [7, 11) is 1.56. The summed E-state index contributed by atoms with van der Waals surface area (Å²) in [4.78, 5) is 32.3. The molecule has 1 aliphatic heterocycles. The van der Waals surface area contributed by atoms with Gasteiger partial charge in [-0.05, 0) is 96.8 Å². The van der Waals surface area contributed by atoms with Crippen LogP contribution in [0.5, 0.6) is 0 Å². The SMILES string of the molecule is CNC=O.O=C1NC(=O)C(Cc2ccc(-c3cccc(CC4C5CC6CC(C5)CC4C6)c3)cc2)S1. The highest BCUT2D eigenvalue weighted by Crippen LogP contribution is 2.57. The highest BCUT2D eigenvalue weighted by atomic mass is 32.2. The Morgan fingerprint density at radius 2 is 1.54 bits per heavy atom. The molecule has 1 unspecified atom stereocenters. The second-order valence-corrected chi connectivity index (χ2v) is 11.9. The molecule has 7 rings (SSSR count). The van der Waals surface area contributed by atoms with Crippen molar-refractivity contribution >= 4 is 29.3 Å². The largest absolute Gasteiger partial charge is 0.362 e. The Morgan fingerprint density at radius 3 is 2.11 bits per heavy atom. The maximum absolute atomic E-state index is 11.8. The van der Waals surface area contributed by atoms with Crippen molar-refractivity contribution in [1.29, 1.82) is 0 Å². The molecule has 5 fully saturated rings. The van der Waals surface area contributed by atoms with Crippen LogP contribution in [0.3, 0.4) is 0 Å². The minimum atomic E-state index is -0.303. The number of hydrogen-bond donors (Lipinski definition) is 2. The maximum Gasteiger partial charge on any atom is 0.286 e. The van der Waals surface area contributed by atoms with E-state index in [1.807, 2.05) is 0 Å². The number of hydrogen-bond acceptors (Lipinski definition) is 4. The highest BCUT2D eigenvalue weighted by molar-refractivity contribution is 8.15. The van der Waals surface area contributed by atoms with Crippen molar-refractivity contribution in [1.82, 2.24) is 10.6 Å². The Bertz CT molecular complexity index is 1060. The van der Waals surface area contributed by atoms with E-state index in [2.05, 4.69) is 59.2 Å². The molecular weight excluding hydrogens is 456 g/mol. The molecule has 0 spiro atoms. The molecule has 184 valence electrons. The van der Waals surface area contributed by atoms with Gasteiger partial charge in [0.05, 0.1) is 5.25 Å². The zero-order valence-corrected chi connectivity index (χ0v) is 21.1. The molecule has 2 N–H and O–H groups in total. The van der Waals surface area contributed by atoms with Crippen molar-refractivity contribution < 1.29 is 14.4 Å². The number of imide groups is 1. The standard InChI is InChI=1S/C27H29NO2S.C2H5NO/c29-26-25(31-27(30)28-26)15-16-4-6-20(7-5-16)21-3-1-2-17(9-21)14-24-22-10-18-8-19(12-22)13-23(24)11-18;1-3-2-4/h1-7,9,18-19,22-25H,8,10-15H2,(H,28,29,30);2H,1H3,(H,3,4). The van der Waals surface area contributed by atoms with Crippen LogP contribution in [0.25, 0.3) is 11.1 Å². The molecule has 0 aromatic heterocycles. The predicted molar refractivity (Wildman–Crippen MR) is 140 cm³/mol. The summed E-state index contributed by atoms with van der Waals surface area (Å²) in [6, 6.07) is 17.6. The summed E-state index contributed by atoms with van der Waals surface area (Å²) in [6.45, 7) is 0. The minimum Gasteiger partial charge on any atom is -0.362 e. The Morgan fingerprint density at radius 1 is 0.886 bits per heavy atom. The second-order valence-electron chi connectivity index (χ2n) is 10.7. The smallest absolute Gasteiger partial charge is 0.286 e. The van der Waals surface area contributed by atoms with E-state index < -0.39 is 0 Å². The van der Waals surface area contributed by atoms with Crippen LogP contribution in [-0.2, 0) is 22.4 Å². The third-order valence-corrected chi connectivity index (χ3v) is 9.39. The molecule has 5 nitrogen and oxygen atoms in total. The second kappa shape index (κ2) is 10.6. The van der Waals surface area contributed by atoms with Gasteiger partial charge in [0.15, 0.2) is 0 Å². The predicted octanol–water partition coefficient (Wildman–Crippen LogP) is 5.22. The van der Waals surface area contributed by atoms with Crippen molar-refractivity contribution in [3.05, 3.63) is 59.7 Å². The molecule has 4 aliphatic carbocycles. The summed E-state index contributed by atoms with van der Waals surface area (Å²) in [5.74, 6) is 4.74. The number of benzene rings is 2. The molecular formula is C29H34N2O3S. The monoisotopic (exact) mass is 490 g/mol. The number of nitrogens with one attached hydrogen (secondary N) is 2. The fourth-order valence-electron chi connectivity index (χ4n) is 7.10. The molecule has 1 atom stereocenters. The van der Waals surface area contributed by atoms with Crippen LogP contribution in [-0.4, -0.2) is 29.9 Å². The van der Waals surface area contributed by atoms with Crippen LogP contribution in [0.4, 0.5) is 4.79 Å². The van der Waals surface area contributed by atoms with Crippen molar-refractivity contribution in [3.8, 4) is 11.1 Å². The Hall–Kier alpha value is -2.60. The lowest BCUT2D eigenvalue weighted by Gasteiger charge is -2.54. The van der Waals surface area contributed by atoms with Gasteiger partial charge in [-0.15, -0.1) is 0 Å². The fraction of sp³-hybridized carbons (Fsp3) is 0.483. The fourth-order valence-corrected chi connectivity index (χ4v) is 7.96. The molecule has 3 amide bonds. The molecule has 1 saturated heterocycles. The lowest BCUT2D eigenvalue weighted by Crippen LogP contribution is -2.45. The van der Waals surface area contributed by atoms with Gasteiger partial charge in [0.2, 0.25) is 12.3 Å². The lowest BCUT2D eigenvalue weighted by atomic mass is 9.51. The van der Waals surface area contributed by atoms with Crippen LogP contribution in [0.2, 0.25) is 0 Å². The Kier molecular flexibility index (Phi) is 7.28. The van der Waals surface area contributed by atoms with E-state index >= 15 is 0 Å². The molecule has 1 heterocycles. The van der Waals surface area contributed by atoms with Crippen molar-refractivity contribution in [3.63, 3.8) is 0 Å². The van der Waals surface area contributed by atoms with E-state index in [9.17, 15) is 9.59 Å². The van der Waals surface area contributed by atoms with Crippen molar-refractivity contribution in [2.24, 2.45) is 29.6 Å². The van der Waals surface area contributed by atoms with Gasteiger partial charge in [-0.2, -0.15) is 0 Å². The number of carbonyl (C=O) groups is 3. The first-order chi connectivity index (χ1) is 17.0. The summed E-state index contributed by atoms with van der Waals surface area (Å²) < 4.78 is 0. The van der Waals surface area contributed by atoms with E-state index in [0.29, 0.717) is 12.8 Å². The third kappa shape index (κ3) is 5.48. The third-order valence-electron chi connectivity index (χ3n) is 8.41. The van der Waals surface area contributed by atoms with Crippen molar-refractivity contribution in [2.45, 2.75) is 50.2 Å². The molecule has 5 aliphatic rings. The summed E-state index contributed by atoms with van der Waals surface area (Å²) in [6.07, 6.45) is 9.93. The molecule has 4 saturated carbocycles. The van der Waals surface area contributed by atoms with Crippen LogP contribution >= 0.6 is 11.8 Å². The van der Waals surface area contributed by atoms with E-state index in [-0.39, 0.29) is 16.4 Å². The average Bonchev–Trinajstić information content (AvgIpc) is 3.18. The van der Waals surface area contributed by atoms with Crippen LogP contribution < -0.4 is 10.6 Å². The Labute approximate surface area is 211 Å². The number of carbonyl (C=O) groups excluding carboxylic acids is 3. The van der Waals surface area contributed by atoms with Gasteiger partial charge < -0.3 is 5.32 Å². The number of thioether (sulfide) groups is 1. The zero-order chi connectivity index (χ0) is 24.4. The molecule has 6 heteroatoms. The summed E-state index contributed by atoms with van der Waals surface area (Å²) in [5, 5.41) is 4.08. The molecule has 4 bridgehead atoms. The number of amides is 3. The normalized spacial score (nSPS) is 30.4. The van der Waals surface area contributed by atoms with Gasteiger partial charge in [-0.3, -0.25) is 19.7 Å². The summed E-state index contributed by atoms with van der Waals surface area (Å²) >= 11 is 1.10. The molecule has 2 aromatic rings. The van der Waals surface area contributed by atoms with Crippen LogP contribution in [0.15, 0.2) is 48.5 Å². The van der Waals surface area contributed by atoms with Gasteiger partial charge in [-0.25, -0.2) is 0 Å². The number of rotatable bonds is 6. The maximum atomic E-state index is 11.8. The Balaban J connectivity index is 0.000000591. The van der Waals surface area contributed by atoms with Gasteiger partial charge >= 0.3 is 0 Å². The van der Waals surface area contributed by atoms with Crippen LogP contribution in [0, 0.1) is 29.6 Å². The highest BCUT2D eigenvalue weighted by Gasteiger charge is 2.47. The first-order valence-electron chi connectivity index (χ1n) is 12.8. The van der Waals surface area contributed by atoms with E-state index in [1.54, 1.807) is 7.05 Å². The van der Waals surface area contributed by atoms with Gasteiger partial charge in [0.1, 0.15) is 0 Å². The minimum absolute atomic E-state index is 0.170. The quantitative estimate of drug-likeness (QED) is 0.544. The van der Waals surface area contributed by atoms with Gasteiger partial charge in [0, 0.05) is 7.05 Å². The van der Waals surface area contributed by atoms with Gasteiger partial charge in [-0.1, -0.05) is 60.3 Å². The molecule has 2 aromatic carbocycles. The van der Waals surface area contributed by atoms with E-state index in [0.717, 1.165) is 46.9 Å². The average molecular weight is 491 g/mol. The van der Waals surface area contributed by atoms with Crippen LogP contribution in [0.1, 0.15) is 43.2 Å². The molecule has 0 radical (unpaired) electrons. The van der Waals surface area contributed by atoms with Crippen molar-refractivity contribution in [2.75, 3.05) is 7.05 Å². The molecule has 35 heavy (non-hydrogen) atoms. The topological polar surface area (TPSA) is 75.3 Å². The van der Waals surface area contributed by atoms with E-state index in [4.69, 9.17) is 4.79 Å². The first-order valence-corrected chi connectivity index (χ1v) is 13.7. The van der Waals surface area contributed by atoms with Gasteiger partial charge in [0.25, 0.3) is 5.24 Å². The lowest BCUT2D eigenvalue weighted by molar-refractivity contribution is -0.119. The zero-order valence-electron chi connectivity index (χ0n) is 20.2. The first kappa shape index (κ1) is 24.1. The van der Waals surface area contributed by atoms with E-state index in [1.165, 1.54) is 55.2 Å².